The fourth-order valence-corrected chi connectivity index (χ4v) is 5.26. The Kier molecular flexibility index (Phi) is 6.53. The molecule has 3 aromatic rings. The van der Waals surface area contributed by atoms with Crippen LogP contribution in [-0.4, -0.2) is 33.3 Å². The van der Waals surface area contributed by atoms with Gasteiger partial charge in [-0.1, -0.05) is 17.8 Å². The van der Waals surface area contributed by atoms with Gasteiger partial charge < -0.3 is 5.32 Å². The first-order chi connectivity index (χ1) is 13.4. The van der Waals surface area contributed by atoms with Gasteiger partial charge in [0.05, 0.1) is 11.1 Å². The van der Waals surface area contributed by atoms with Crippen LogP contribution in [0.4, 0.5) is 4.79 Å². The molecule has 0 saturated carbocycles. The van der Waals surface area contributed by atoms with Crippen molar-refractivity contribution in [1.82, 2.24) is 20.2 Å². The van der Waals surface area contributed by atoms with Gasteiger partial charge in [-0.05, 0) is 32.2 Å². The van der Waals surface area contributed by atoms with E-state index in [4.69, 9.17) is 0 Å². The molecular weight excluding hydrogens is 416 g/mol. The van der Waals surface area contributed by atoms with Gasteiger partial charge in [0.15, 0.2) is 5.16 Å². The average Bonchev–Trinajstić information content (AvgIpc) is 3.28. The molecule has 2 N–H and O–H groups in total. The molecule has 0 aliphatic heterocycles. The molecule has 0 aliphatic rings. The third kappa shape index (κ3) is 4.45. The Balaban J connectivity index is 1.83. The molecule has 28 heavy (non-hydrogen) atoms. The highest BCUT2D eigenvalue weighted by atomic mass is 32.2. The maximum absolute atomic E-state index is 13.1. The highest BCUT2D eigenvalue weighted by Crippen LogP contribution is 2.34. The molecular formula is C18H20N4O3S3. The number of fused-ring (bicyclic) bond motifs is 1. The third-order valence-electron chi connectivity index (χ3n) is 3.77. The summed E-state index contributed by atoms with van der Waals surface area (Å²) in [5.74, 6) is -0.447. The lowest BCUT2D eigenvalue weighted by Gasteiger charge is -2.11. The van der Waals surface area contributed by atoms with Crippen molar-refractivity contribution in [3.05, 3.63) is 33.2 Å². The number of urea groups is 1. The third-order valence-corrected chi connectivity index (χ3v) is 6.52. The number of amides is 3. The van der Waals surface area contributed by atoms with E-state index in [0.717, 1.165) is 22.2 Å². The van der Waals surface area contributed by atoms with Gasteiger partial charge in [-0.15, -0.1) is 22.7 Å². The summed E-state index contributed by atoms with van der Waals surface area (Å²) >= 11 is 4.14. The minimum Gasteiger partial charge on any atom is -0.336 e. The molecule has 0 aromatic carbocycles. The summed E-state index contributed by atoms with van der Waals surface area (Å²) in [5.41, 5.74) is 0.784. The molecule has 0 fully saturated rings. The van der Waals surface area contributed by atoms with E-state index in [0.29, 0.717) is 21.9 Å². The van der Waals surface area contributed by atoms with Gasteiger partial charge in [-0.25, -0.2) is 9.78 Å². The smallest absolute Gasteiger partial charge is 0.321 e. The van der Waals surface area contributed by atoms with Crippen molar-refractivity contribution in [3.63, 3.8) is 0 Å². The summed E-state index contributed by atoms with van der Waals surface area (Å²) < 4.78 is 1.57. The monoisotopic (exact) mass is 436 g/mol. The Morgan fingerprint density at radius 2 is 2.11 bits per heavy atom. The number of carbonyl (C=O) groups excluding carboxylic acids is 2. The Labute approximate surface area is 174 Å². The molecule has 3 amide bonds. The van der Waals surface area contributed by atoms with Crippen molar-refractivity contribution < 1.29 is 9.59 Å². The number of aromatic nitrogens is 2. The first-order valence-electron chi connectivity index (χ1n) is 8.69. The quantitative estimate of drug-likeness (QED) is 0.455. The van der Waals surface area contributed by atoms with Crippen LogP contribution in [0.3, 0.4) is 0 Å². The summed E-state index contributed by atoms with van der Waals surface area (Å²) in [6, 6.07) is 3.34. The van der Waals surface area contributed by atoms with Crippen molar-refractivity contribution in [2.45, 2.75) is 38.5 Å². The molecule has 7 nitrogen and oxygen atoms in total. The largest absolute Gasteiger partial charge is 0.336 e. The first-order valence-corrected chi connectivity index (χ1v) is 11.4. The maximum Gasteiger partial charge on any atom is 0.321 e. The van der Waals surface area contributed by atoms with Gasteiger partial charge in [-0.3, -0.25) is 19.5 Å². The van der Waals surface area contributed by atoms with Crippen LogP contribution in [0.5, 0.6) is 0 Å². The minimum absolute atomic E-state index is 0.00732. The first kappa shape index (κ1) is 20.6. The normalized spacial score (nSPS) is 11.1. The van der Waals surface area contributed by atoms with Crippen molar-refractivity contribution in [2.24, 2.45) is 0 Å². The molecule has 3 aromatic heterocycles. The number of nitrogens with one attached hydrogen (secondary N) is 2. The van der Waals surface area contributed by atoms with Crippen LogP contribution in [0.2, 0.25) is 0 Å². The van der Waals surface area contributed by atoms with Crippen LogP contribution in [-0.2, 0) is 11.3 Å². The number of nitrogens with zero attached hydrogens (tertiary/aromatic N) is 2. The Hall–Kier alpha value is -2.17. The molecule has 0 atom stereocenters. The number of hydrogen-bond donors (Lipinski definition) is 2. The van der Waals surface area contributed by atoms with Crippen molar-refractivity contribution >= 4 is 56.6 Å². The van der Waals surface area contributed by atoms with E-state index in [1.165, 1.54) is 11.3 Å². The van der Waals surface area contributed by atoms with E-state index >= 15 is 0 Å². The van der Waals surface area contributed by atoms with Gasteiger partial charge in [0.25, 0.3) is 5.56 Å². The summed E-state index contributed by atoms with van der Waals surface area (Å²) in [6.07, 6.45) is 0. The highest BCUT2D eigenvalue weighted by molar-refractivity contribution is 7.99. The van der Waals surface area contributed by atoms with Gasteiger partial charge in [0.2, 0.25) is 5.91 Å². The average molecular weight is 437 g/mol. The summed E-state index contributed by atoms with van der Waals surface area (Å²) in [5, 5.41) is 9.87. The van der Waals surface area contributed by atoms with Crippen LogP contribution in [0.25, 0.3) is 20.7 Å². The molecule has 3 heterocycles. The molecule has 0 radical (unpaired) electrons. The predicted octanol–water partition coefficient (Wildman–Crippen LogP) is 3.53. The highest BCUT2D eigenvalue weighted by Gasteiger charge is 2.18. The zero-order valence-corrected chi connectivity index (χ0v) is 18.1. The molecule has 0 bridgehead atoms. The number of hydrogen-bond acceptors (Lipinski definition) is 7. The van der Waals surface area contributed by atoms with Crippen LogP contribution in [0.15, 0.2) is 32.8 Å². The lowest BCUT2D eigenvalue weighted by atomic mass is 10.2. The van der Waals surface area contributed by atoms with E-state index in [1.54, 1.807) is 15.9 Å². The van der Waals surface area contributed by atoms with E-state index < -0.39 is 11.9 Å². The predicted molar refractivity (Wildman–Crippen MR) is 115 cm³/mol. The van der Waals surface area contributed by atoms with E-state index in [1.807, 2.05) is 43.7 Å². The number of thiophene rings is 2. The van der Waals surface area contributed by atoms with Crippen molar-refractivity contribution in [2.75, 3.05) is 5.75 Å². The molecule has 0 spiro atoms. The van der Waals surface area contributed by atoms with E-state index in [2.05, 4.69) is 15.6 Å². The van der Waals surface area contributed by atoms with E-state index in [9.17, 15) is 14.4 Å². The molecule has 0 aliphatic carbocycles. The number of imide groups is 1. The second-order valence-corrected chi connectivity index (χ2v) is 8.96. The molecule has 148 valence electrons. The molecule has 3 rings (SSSR count). The SMILES string of the molecule is CCn1c(SCC(=O)NC(=O)NC(C)C)nc2scc(-c3cccs3)c2c1=O. The van der Waals surface area contributed by atoms with Crippen molar-refractivity contribution in [3.8, 4) is 10.4 Å². The maximum atomic E-state index is 13.1. The number of rotatable bonds is 6. The van der Waals surface area contributed by atoms with Gasteiger partial charge in [0, 0.05) is 28.4 Å². The molecule has 0 unspecified atom stereocenters. The lowest BCUT2D eigenvalue weighted by Crippen LogP contribution is -2.43. The fraction of sp³-hybridized carbons (Fsp3) is 0.333. The zero-order valence-electron chi connectivity index (χ0n) is 15.6. The van der Waals surface area contributed by atoms with Crippen LogP contribution in [0, 0.1) is 0 Å². The standard InChI is InChI=1S/C18H20N4O3S3/c1-4-22-16(24)14-11(12-6-5-7-26-12)8-27-15(14)21-18(22)28-9-13(23)20-17(25)19-10(2)3/h5-8,10H,4,9H2,1-3H3,(H2,19,20,23,25). The summed E-state index contributed by atoms with van der Waals surface area (Å²) in [7, 11) is 0. The summed E-state index contributed by atoms with van der Waals surface area (Å²) in [6.45, 7) is 5.93. The van der Waals surface area contributed by atoms with Crippen molar-refractivity contribution in [1.29, 1.82) is 0 Å². The van der Waals surface area contributed by atoms with Gasteiger partial charge in [-0.2, -0.15) is 0 Å². The lowest BCUT2D eigenvalue weighted by molar-refractivity contribution is -0.117. The van der Waals surface area contributed by atoms with Gasteiger partial charge in [0.1, 0.15) is 4.83 Å². The summed E-state index contributed by atoms with van der Waals surface area (Å²) in [4.78, 5) is 43.0. The van der Waals surface area contributed by atoms with Gasteiger partial charge >= 0.3 is 6.03 Å². The fourth-order valence-electron chi connectivity index (χ4n) is 2.60. The topological polar surface area (TPSA) is 93.1 Å². The number of thioether (sulfide) groups is 1. The molecule has 0 saturated heterocycles. The van der Waals surface area contributed by atoms with Crippen LogP contribution in [0.1, 0.15) is 20.8 Å². The molecule has 10 heteroatoms. The van der Waals surface area contributed by atoms with Crippen LogP contribution >= 0.6 is 34.4 Å². The second-order valence-electron chi connectivity index (χ2n) is 6.22. The minimum atomic E-state index is -0.532. The Bertz CT molecular complexity index is 1050. The number of carbonyl (C=O) groups is 2. The van der Waals surface area contributed by atoms with E-state index in [-0.39, 0.29) is 17.4 Å². The second kappa shape index (κ2) is 8.89. The van der Waals surface area contributed by atoms with Crippen LogP contribution < -0.4 is 16.2 Å². The Morgan fingerprint density at radius 3 is 2.75 bits per heavy atom. The Morgan fingerprint density at radius 1 is 1.32 bits per heavy atom. The zero-order chi connectivity index (χ0) is 20.3.